The van der Waals surface area contributed by atoms with E-state index >= 15 is 0 Å². The molecule has 0 radical (unpaired) electrons. The zero-order chi connectivity index (χ0) is 15.5. The molecule has 1 aromatic carbocycles. The van der Waals surface area contributed by atoms with E-state index in [4.69, 9.17) is 9.57 Å². The Labute approximate surface area is 131 Å². The second-order valence-corrected chi connectivity index (χ2v) is 6.35. The Morgan fingerprint density at radius 2 is 2.23 bits per heavy atom. The maximum atomic E-state index is 12.1. The van der Waals surface area contributed by atoms with Crippen molar-refractivity contribution in [3.63, 3.8) is 0 Å². The molecule has 0 aromatic heterocycles. The first-order valence-electron chi connectivity index (χ1n) is 8.06. The lowest BCUT2D eigenvalue weighted by Crippen LogP contribution is -2.41. The Hall–Kier alpha value is -1.59. The molecule has 1 fully saturated rings. The van der Waals surface area contributed by atoms with E-state index in [2.05, 4.69) is 42.8 Å². The molecule has 2 amide bonds. The summed E-state index contributed by atoms with van der Waals surface area (Å²) in [5, 5.41) is 3.02. The lowest BCUT2D eigenvalue weighted by atomic mass is 10.0. The SMILES string of the molecule is Cc1ccc2c(c1)[C@H](NC(=O)NO[C@H]1CCCCO1)[C@H](C)C2. The van der Waals surface area contributed by atoms with Crippen molar-refractivity contribution < 1.29 is 14.4 Å². The van der Waals surface area contributed by atoms with Crippen LogP contribution in [-0.4, -0.2) is 18.9 Å². The number of hydrogen-bond acceptors (Lipinski definition) is 3. The lowest BCUT2D eigenvalue weighted by molar-refractivity contribution is -0.186. The summed E-state index contributed by atoms with van der Waals surface area (Å²) in [5.74, 6) is 0.383. The molecule has 5 nitrogen and oxygen atoms in total. The number of hydrogen-bond donors (Lipinski definition) is 2. The number of rotatable bonds is 3. The van der Waals surface area contributed by atoms with E-state index in [1.54, 1.807) is 0 Å². The number of amides is 2. The van der Waals surface area contributed by atoms with Crippen LogP contribution in [0.15, 0.2) is 18.2 Å². The smallest absolute Gasteiger partial charge is 0.339 e. The standard InChI is InChI=1S/C17H24N2O3/c1-11-6-7-13-10-12(2)16(14(13)9-11)18-17(20)19-22-15-5-3-4-8-21-15/h6-7,9,12,15-16H,3-5,8,10H2,1-2H3,(H2,18,19,20)/t12-,15+,16-/m1/s1. The summed E-state index contributed by atoms with van der Waals surface area (Å²) in [4.78, 5) is 17.4. The van der Waals surface area contributed by atoms with Crippen molar-refractivity contribution in [2.45, 2.75) is 51.9 Å². The summed E-state index contributed by atoms with van der Waals surface area (Å²) in [6.07, 6.45) is 3.62. The summed E-state index contributed by atoms with van der Waals surface area (Å²) in [5.41, 5.74) is 6.22. The number of urea groups is 1. The average molecular weight is 304 g/mol. The van der Waals surface area contributed by atoms with Crippen LogP contribution in [0, 0.1) is 12.8 Å². The quantitative estimate of drug-likeness (QED) is 0.844. The van der Waals surface area contributed by atoms with Crippen LogP contribution in [-0.2, 0) is 16.0 Å². The molecule has 3 rings (SSSR count). The molecule has 1 heterocycles. The number of carbonyl (C=O) groups excluding carboxylic acids is 1. The van der Waals surface area contributed by atoms with Crippen LogP contribution < -0.4 is 10.8 Å². The van der Waals surface area contributed by atoms with E-state index in [1.165, 1.54) is 16.7 Å². The number of aryl methyl sites for hydroxylation is 1. The molecule has 2 N–H and O–H groups in total. The molecule has 0 unspecified atom stereocenters. The van der Waals surface area contributed by atoms with Crippen molar-refractivity contribution in [1.29, 1.82) is 0 Å². The molecule has 1 saturated heterocycles. The first-order valence-corrected chi connectivity index (χ1v) is 8.06. The topological polar surface area (TPSA) is 59.6 Å². The normalized spacial score (nSPS) is 27.3. The monoisotopic (exact) mass is 304 g/mol. The Morgan fingerprint density at radius 1 is 1.36 bits per heavy atom. The van der Waals surface area contributed by atoms with E-state index in [1.807, 2.05) is 0 Å². The van der Waals surface area contributed by atoms with Gasteiger partial charge < -0.3 is 10.1 Å². The summed E-state index contributed by atoms with van der Waals surface area (Å²) < 4.78 is 5.43. The van der Waals surface area contributed by atoms with E-state index in [-0.39, 0.29) is 18.4 Å². The Kier molecular flexibility index (Phi) is 4.64. The van der Waals surface area contributed by atoms with Gasteiger partial charge in [0.2, 0.25) is 0 Å². The third-order valence-corrected chi connectivity index (χ3v) is 4.45. The van der Waals surface area contributed by atoms with Crippen molar-refractivity contribution in [3.8, 4) is 0 Å². The summed E-state index contributed by atoms with van der Waals surface area (Å²) >= 11 is 0. The maximum absolute atomic E-state index is 12.1. The molecule has 22 heavy (non-hydrogen) atoms. The predicted molar refractivity (Wildman–Crippen MR) is 83.1 cm³/mol. The Morgan fingerprint density at radius 3 is 3.00 bits per heavy atom. The van der Waals surface area contributed by atoms with Gasteiger partial charge in [-0.05, 0) is 43.2 Å². The Bertz CT molecular complexity index is 541. The van der Waals surface area contributed by atoms with Crippen molar-refractivity contribution in [2.24, 2.45) is 5.92 Å². The zero-order valence-corrected chi connectivity index (χ0v) is 13.2. The molecule has 2 aliphatic rings. The molecule has 1 aromatic rings. The maximum Gasteiger partial charge on any atom is 0.339 e. The summed E-state index contributed by atoms with van der Waals surface area (Å²) in [7, 11) is 0. The largest absolute Gasteiger partial charge is 0.350 e. The number of fused-ring (bicyclic) bond motifs is 1. The number of nitrogens with one attached hydrogen (secondary N) is 2. The second-order valence-electron chi connectivity index (χ2n) is 6.35. The van der Waals surface area contributed by atoms with Crippen LogP contribution in [0.1, 0.15) is 48.9 Å². The fourth-order valence-corrected chi connectivity index (χ4v) is 3.28. The van der Waals surface area contributed by atoms with Crippen LogP contribution in [0.3, 0.4) is 0 Å². The summed E-state index contributed by atoms with van der Waals surface area (Å²) in [6, 6.07) is 6.17. The highest BCUT2D eigenvalue weighted by molar-refractivity contribution is 5.73. The molecule has 0 spiro atoms. The van der Waals surface area contributed by atoms with Gasteiger partial charge >= 0.3 is 6.03 Å². The minimum absolute atomic E-state index is 0.0331. The first kappa shape index (κ1) is 15.3. The first-order chi connectivity index (χ1) is 10.6. The second kappa shape index (κ2) is 6.67. The van der Waals surface area contributed by atoms with Crippen LogP contribution in [0.2, 0.25) is 0 Å². The molecule has 1 aliphatic heterocycles. The van der Waals surface area contributed by atoms with Crippen molar-refractivity contribution in [2.75, 3.05) is 6.61 Å². The van der Waals surface area contributed by atoms with Crippen molar-refractivity contribution >= 4 is 6.03 Å². The van der Waals surface area contributed by atoms with Gasteiger partial charge in [0.25, 0.3) is 0 Å². The van der Waals surface area contributed by atoms with E-state index < -0.39 is 0 Å². The van der Waals surface area contributed by atoms with Gasteiger partial charge in [-0.25, -0.2) is 15.1 Å². The molecule has 1 aliphatic carbocycles. The highest BCUT2D eigenvalue weighted by atomic mass is 16.8. The van der Waals surface area contributed by atoms with Gasteiger partial charge in [-0.2, -0.15) is 0 Å². The molecule has 5 heteroatoms. The minimum Gasteiger partial charge on any atom is -0.350 e. The fourth-order valence-electron chi connectivity index (χ4n) is 3.28. The molecule has 0 bridgehead atoms. The molecule has 120 valence electrons. The van der Waals surface area contributed by atoms with Crippen molar-refractivity contribution in [1.82, 2.24) is 10.8 Å². The number of carbonyl (C=O) groups is 1. The predicted octanol–water partition coefficient (Wildman–Crippen LogP) is 2.99. The van der Waals surface area contributed by atoms with Crippen molar-refractivity contribution in [3.05, 3.63) is 34.9 Å². The van der Waals surface area contributed by atoms with Gasteiger partial charge in [0.05, 0.1) is 6.04 Å². The van der Waals surface area contributed by atoms with E-state index in [0.29, 0.717) is 12.5 Å². The number of hydroxylamine groups is 1. The van der Waals surface area contributed by atoms with Gasteiger partial charge in [-0.15, -0.1) is 0 Å². The van der Waals surface area contributed by atoms with Gasteiger partial charge in [0, 0.05) is 13.0 Å². The highest BCUT2D eigenvalue weighted by Crippen LogP contribution is 2.36. The van der Waals surface area contributed by atoms with Crippen LogP contribution in [0.25, 0.3) is 0 Å². The van der Waals surface area contributed by atoms with Gasteiger partial charge in [0.1, 0.15) is 0 Å². The number of benzene rings is 1. The molecular formula is C17H24N2O3. The van der Waals surface area contributed by atoms with Crippen LogP contribution in [0.5, 0.6) is 0 Å². The third-order valence-electron chi connectivity index (χ3n) is 4.45. The fraction of sp³-hybridized carbons (Fsp3) is 0.588. The van der Waals surface area contributed by atoms with E-state index in [9.17, 15) is 4.79 Å². The zero-order valence-electron chi connectivity index (χ0n) is 13.2. The van der Waals surface area contributed by atoms with Crippen LogP contribution >= 0.6 is 0 Å². The van der Waals surface area contributed by atoms with Crippen LogP contribution in [0.4, 0.5) is 4.79 Å². The van der Waals surface area contributed by atoms with Gasteiger partial charge in [-0.3, -0.25) is 0 Å². The number of ether oxygens (including phenoxy) is 1. The average Bonchev–Trinajstić information content (AvgIpc) is 2.82. The highest BCUT2D eigenvalue weighted by Gasteiger charge is 2.30. The molecule has 0 saturated carbocycles. The van der Waals surface area contributed by atoms with Gasteiger partial charge in [-0.1, -0.05) is 30.7 Å². The van der Waals surface area contributed by atoms with E-state index in [0.717, 1.165) is 25.7 Å². The molecule has 3 atom stereocenters. The molecular weight excluding hydrogens is 280 g/mol. The summed E-state index contributed by atoms with van der Waals surface area (Å²) in [6.45, 7) is 4.93. The Balaban J connectivity index is 1.56. The lowest BCUT2D eigenvalue weighted by Gasteiger charge is -2.24. The minimum atomic E-state index is -0.324. The van der Waals surface area contributed by atoms with Gasteiger partial charge in [0.15, 0.2) is 6.29 Å². The third kappa shape index (κ3) is 3.42.